The Morgan fingerprint density at radius 3 is 2.81 bits per heavy atom. The van der Waals surface area contributed by atoms with Crippen molar-refractivity contribution in [3.63, 3.8) is 0 Å². The van der Waals surface area contributed by atoms with Crippen molar-refractivity contribution in [2.75, 3.05) is 12.4 Å². The van der Waals surface area contributed by atoms with Crippen molar-refractivity contribution in [1.29, 1.82) is 0 Å². The van der Waals surface area contributed by atoms with Crippen LogP contribution in [0.15, 0.2) is 18.5 Å². The number of hydrogen-bond acceptors (Lipinski definition) is 4. The summed E-state index contributed by atoms with van der Waals surface area (Å²) in [6.07, 6.45) is 1.98. The van der Waals surface area contributed by atoms with E-state index in [-0.39, 0.29) is 11.3 Å². The molecule has 1 rings (SSSR count). The molecule has 86 valence electrons. The highest BCUT2D eigenvalue weighted by Crippen LogP contribution is 2.13. The molecule has 0 saturated heterocycles. The van der Waals surface area contributed by atoms with E-state index in [1.54, 1.807) is 6.92 Å². The highest BCUT2D eigenvalue weighted by Gasteiger charge is 2.16. The van der Waals surface area contributed by atoms with Crippen LogP contribution >= 0.6 is 0 Å². The molecule has 1 atom stereocenters. The first-order valence-electron chi connectivity index (χ1n) is 4.57. The van der Waals surface area contributed by atoms with Crippen LogP contribution in [-0.4, -0.2) is 35.2 Å². The van der Waals surface area contributed by atoms with Gasteiger partial charge >= 0.3 is 5.97 Å². The summed E-state index contributed by atoms with van der Waals surface area (Å²) in [4.78, 5) is 26.0. The maximum Gasteiger partial charge on any atom is 0.337 e. The van der Waals surface area contributed by atoms with Crippen LogP contribution in [0.2, 0.25) is 0 Å². The van der Waals surface area contributed by atoms with Crippen molar-refractivity contribution in [3.8, 4) is 0 Å². The zero-order chi connectivity index (χ0) is 12.1. The number of amides is 1. The van der Waals surface area contributed by atoms with Gasteiger partial charge in [-0.05, 0) is 13.0 Å². The minimum atomic E-state index is -1.12. The number of aromatic nitrogens is 1. The van der Waals surface area contributed by atoms with Gasteiger partial charge in [0.1, 0.15) is 6.10 Å². The van der Waals surface area contributed by atoms with Gasteiger partial charge in [-0.15, -0.1) is 0 Å². The third-order valence-electron chi connectivity index (χ3n) is 2.03. The predicted octanol–water partition coefficient (Wildman–Crippen LogP) is 0.753. The van der Waals surface area contributed by atoms with E-state index in [0.717, 1.165) is 0 Å². The molecule has 0 radical (unpaired) electrons. The zero-order valence-electron chi connectivity index (χ0n) is 8.93. The molecule has 0 spiro atoms. The molecule has 2 N–H and O–H groups in total. The third kappa shape index (κ3) is 2.77. The zero-order valence-corrected chi connectivity index (χ0v) is 8.93. The number of anilines is 1. The molecule has 1 aromatic rings. The predicted molar refractivity (Wildman–Crippen MR) is 56.3 cm³/mol. The van der Waals surface area contributed by atoms with Gasteiger partial charge in [0.05, 0.1) is 17.4 Å². The highest BCUT2D eigenvalue weighted by molar-refractivity contribution is 6.01. The fraction of sp³-hybridized carbons (Fsp3) is 0.300. The lowest BCUT2D eigenvalue weighted by molar-refractivity contribution is -0.124. The van der Waals surface area contributed by atoms with Gasteiger partial charge in [-0.3, -0.25) is 9.78 Å². The fourth-order valence-corrected chi connectivity index (χ4v) is 1.02. The molecular formula is C10H12N2O4. The first-order chi connectivity index (χ1) is 7.56. The summed E-state index contributed by atoms with van der Waals surface area (Å²) < 4.78 is 4.80. The molecule has 1 amide bonds. The van der Waals surface area contributed by atoms with E-state index < -0.39 is 18.0 Å². The molecule has 1 unspecified atom stereocenters. The third-order valence-corrected chi connectivity index (χ3v) is 2.03. The Morgan fingerprint density at radius 1 is 1.56 bits per heavy atom. The summed E-state index contributed by atoms with van der Waals surface area (Å²) in [5.41, 5.74) is 0.149. The molecule has 1 heterocycles. The molecule has 0 aliphatic heterocycles. The monoisotopic (exact) mass is 224 g/mol. The lowest BCUT2D eigenvalue weighted by atomic mass is 10.2. The van der Waals surface area contributed by atoms with Crippen LogP contribution in [0.4, 0.5) is 5.69 Å². The number of hydrogen-bond donors (Lipinski definition) is 2. The summed E-state index contributed by atoms with van der Waals surface area (Å²) in [6, 6.07) is 1.31. The molecule has 0 saturated carbocycles. The first kappa shape index (κ1) is 12.1. The van der Waals surface area contributed by atoms with Crippen molar-refractivity contribution >= 4 is 17.6 Å². The summed E-state index contributed by atoms with van der Waals surface area (Å²) in [5, 5.41) is 11.3. The first-order valence-corrected chi connectivity index (χ1v) is 4.57. The minimum Gasteiger partial charge on any atom is -0.478 e. The SMILES string of the molecule is COC(C)C(=O)Nc1cnccc1C(=O)O. The number of ether oxygens (including phenoxy) is 1. The number of carboxylic acids is 1. The maximum absolute atomic E-state index is 11.5. The van der Waals surface area contributed by atoms with Gasteiger partial charge in [0.15, 0.2) is 0 Å². The molecule has 6 nitrogen and oxygen atoms in total. The average Bonchev–Trinajstić information content (AvgIpc) is 2.28. The second-order valence-corrected chi connectivity index (χ2v) is 3.09. The molecule has 6 heteroatoms. The van der Waals surface area contributed by atoms with Gasteiger partial charge in [0.2, 0.25) is 0 Å². The van der Waals surface area contributed by atoms with E-state index >= 15 is 0 Å². The molecular weight excluding hydrogens is 212 g/mol. The van der Waals surface area contributed by atoms with Gasteiger partial charge < -0.3 is 15.2 Å². The van der Waals surface area contributed by atoms with E-state index in [1.165, 1.54) is 25.6 Å². The van der Waals surface area contributed by atoms with Gasteiger partial charge in [0, 0.05) is 13.3 Å². The van der Waals surface area contributed by atoms with E-state index in [1.807, 2.05) is 0 Å². The van der Waals surface area contributed by atoms with Crippen molar-refractivity contribution in [3.05, 3.63) is 24.0 Å². The van der Waals surface area contributed by atoms with Crippen molar-refractivity contribution in [2.45, 2.75) is 13.0 Å². The smallest absolute Gasteiger partial charge is 0.337 e. The Balaban J connectivity index is 2.89. The molecule has 0 aliphatic carbocycles. The van der Waals surface area contributed by atoms with Gasteiger partial charge in [-0.2, -0.15) is 0 Å². The number of nitrogens with one attached hydrogen (secondary N) is 1. The summed E-state index contributed by atoms with van der Waals surface area (Å²) in [5.74, 6) is -1.54. The fourth-order valence-electron chi connectivity index (χ4n) is 1.02. The Hall–Kier alpha value is -1.95. The van der Waals surface area contributed by atoms with Crippen molar-refractivity contribution < 1.29 is 19.4 Å². The largest absolute Gasteiger partial charge is 0.478 e. The number of pyridine rings is 1. The molecule has 16 heavy (non-hydrogen) atoms. The van der Waals surface area contributed by atoms with Crippen LogP contribution in [0, 0.1) is 0 Å². The quantitative estimate of drug-likeness (QED) is 0.787. The second kappa shape index (κ2) is 5.22. The molecule has 0 fully saturated rings. The highest BCUT2D eigenvalue weighted by atomic mass is 16.5. The van der Waals surface area contributed by atoms with Gasteiger partial charge in [-0.25, -0.2) is 4.79 Å². The molecule has 0 bridgehead atoms. The van der Waals surface area contributed by atoms with E-state index in [4.69, 9.17) is 9.84 Å². The number of nitrogens with zero attached hydrogens (tertiary/aromatic N) is 1. The minimum absolute atomic E-state index is 0.00773. The number of methoxy groups -OCH3 is 1. The number of rotatable bonds is 4. The molecule has 0 aliphatic rings. The number of aromatic carboxylic acids is 1. The Kier molecular flexibility index (Phi) is 3.96. The normalized spacial score (nSPS) is 11.9. The standard InChI is InChI=1S/C10H12N2O4/c1-6(16-2)9(13)12-8-5-11-4-3-7(8)10(14)15/h3-6H,1-2H3,(H,12,13)(H,14,15). The Bertz CT molecular complexity index is 406. The van der Waals surface area contributed by atoms with Crippen molar-refractivity contribution in [1.82, 2.24) is 4.98 Å². The van der Waals surface area contributed by atoms with E-state index in [0.29, 0.717) is 0 Å². The van der Waals surface area contributed by atoms with Gasteiger partial charge in [-0.1, -0.05) is 0 Å². The van der Waals surface area contributed by atoms with Crippen LogP contribution in [0.5, 0.6) is 0 Å². The lowest BCUT2D eigenvalue weighted by Crippen LogP contribution is -2.27. The topological polar surface area (TPSA) is 88.5 Å². The number of carbonyl (C=O) groups excluding carboxylic acids is 1. The summed E-state index contributed by atoms with van der Waals surface area (Å²) >= 11 is 0. The lowest BCUT2D eigenvalue weighted by Gasteiger charge is -2.11. The molecule has 1 aromatic heterocycles. The average molecular weight is 224 g/mol. The van der Waals surface area contributed by atoms with Crippen LogP contribution in [0.1, 0.15) is 17.3 Å². The Morgan fingerprint density at radius 2 is 2.25 bits per heavy atom. The van der Waals surface area contributed by atoms with Crippen LogP contribution in [-0.2, 0) is 9.53 Å². The molecule has 0 aromatic carbocycles. The van der Waals surface area contributed by atoms with Crippen molar-refractivity contribution in [2.24, 2.45) is 0 Å². The maximum atomic E-state index is 11.5. The van der Waals surface area contributed by atoms with E-state index in [9.17, 15) is 9.59 Å². The number of carbonyl (C=O) groups is 2. The van der Waals surface area contributed by atoms with Gasteiger partial charge in [0.25, 0.3) is 5.91 Å². The van der Waals surface area contributed by atoms with Crippen LogP contribution in [0.25, 0.3) is 0 Å². The second-order valence-electron chi connectivity index (χ2n) is 3.09. The Labute approximate surface area is 92.3 Å². The number of carboxylic acid groups (broad SMARTS) is 1. The van der Waals surface area contributed by atoms with E-state index in [2.05, 4.69) is 10.3 Å². The summed E-state index contributed by atoms with van der Waals surface area (Å²) in [7, 11) is 1.39. The van der Waals surface area contributed by atoms with Crippen LogP contribution < -0.4 is 5.32 Å². The summed E-state index contributed by atoms with van der Waals surface area (Å²) in [6.45, 7) is 1.56. The van der Waals surface area contributed by atoms with Crippen LogP contribution in [0.3, 0.4) is 0 Å².